The Kier molecular flexibility index (Phi) is 4.50. The molecule has 0 aliphatic carbocycles. The average molecular weight is 337 g/mol. The standard InChI is InChI=1S/C19H23N5O/c25-19(17-8-9-18(21-20-17)23-10-4-5-11-23)24-14-12-22(13-15-24)16-6-2-1-3-7-16/h1-3,6-9H,4-5,10-15H2. The minimum Gasteiger partial charge on any atom is -0.368 e. The minimum atomic E-state index is -0.0202. The van der Waals surface area contributed by atoms with Crippen molar-refractivity contribution >= 4 is 17.4 Å². The van der Waals surface area contributed by atoms with Gasteiger partial charge in [-0.25, -0.2) is 0 Å². The third-order valence-electron chi connectivity index (χ3n) is 4.99. The number of hydrogen-bond acceptors (Lipinski definition) is 5. The van der Waals surface area contributed by atoms with E-state index in [0.29, 0.717) is 18.8 Å². The van der Waals surface area contributed by atoms with Gasteiger partial charge >= 0.3 is 0 Å². The van der Waals surface area contributed by atoms with Crippen molar-refractivity contribution in [2.45, 2.75) is 12.8 Å². The van der Waals surface area contributed by atoms with Gasteiger partial charge in [0.25, 0.3) is 5.91 Å². The monoisotopic (exact) mass is 337 g/mol. The summed E-state index contributed by atoms with van der Waals surface area (Å²) >= 11 is 0. The molecule has 25 heavy (non-hydrogen) atoms. The highest BCUT2D eigenvalue weighted by Crippen LogP contribution is 2.18. The smallest absolute Gasteiger partial charge is 0.274 e. The SMILES string of the molecule is O=C(c1ccc(N2CCCC2)nn1)N1CCN(c2ccccc2)CC1. The number of rotatable bonds is 3. The van der Waals surface area contributed by atoms with E-state index in [9.17, 15) is 4.79 Å². The van der Waals surface area contributed by atoms with Crippen molar-refractivity contribution in [3.05, 3.63) is 48.2 Å². The van der Waals surface area contributed by atoms with Gasteiger partial charge in [0.15, 0.2) is 11.5 Å². The maximum absolute atomic E-state index is 12.7. The molecule has 0 radical (unpaired) electrons. The molecule has 1 amide bonds. The summed E-state index contributed by atoms with van der Waals surface area (Å²) in [5.74, 6) is 0.858. The first-order valence-corrected chi connectivity index (χ1v) is 8.99. The van der Waals surface area contributed by atoms with Crippen molar-refractivity contribution < 1.29 is 4.79 Å². The number of carbonyl (C=O) groups is 1. The Labute approximate surface area is 148 Å². The van der Waals surface area contributed by atoms with Crippen LogP contribution in [0.2, 0.25) is 0 Å². The number of anilines is 2. The molecule has 0 atom stereocenters. The van der Waals surface area contributed by atoms with Crippen molar-refractivity contribution in [3.8, 4) is 0 Å². The van der Waals surface area contributed by atoms with Crippen LogP contribution in [0.25, 0.3) is 0 Å². The molecule has 2 aromatic rings. The van der Waals surface area contributed by atoms with Gasteiger partial charge in [-0.15, -0.1) is 10.2 Å². The molecule has 0 bridgehead atoms. The van der Waals surface area contributed by atoms with Crippen molar-refractivity contribution in [3.63, 3.8) is 0 Å². The fourth-order valence-corrected chi connectivity index (χ4v) is 3.52. The van der Waals surface area contributed by atoms with E-state index in [1.54, 1.807) is 0 Å². The summed E-state index contributed by atoms with van der Waals surface area (Å²) in [6, 6.07) is 14.1. The second-order valence-electron chi connectivity index (χ2n) is 6.59. The number of carbonyl (C=O) groups excluding carboxylic acids is 1. The van der Waals surface area contributed by atoms with Crippen LogP contribution in [0.4, 0.5) is 11.5 Å². The molecule has 0 N–H and O–H groups in total. The number of nitrogens with zero attached hydrogens (tertiary/aromatic N) is 5. The second kappa shape index (κ2) is 7.09. The second-order valence-corrected chi connectivity index (χ2v) is 6.59. The number of para-hydroxylation sites is 1. The van der Waals surface area contributed by atoms with E-state index < -0.39 is 0 Å². The summed E-state index contributed by atoms with van der Waals surface area (Å²) in [5.41, 5.74) is 1.65. The molecule has 2 aliphatic rings. The summed E-state index contributed by atoms with van der Waals surface area (Å²) in [5, 5.41) is 8.44. The molecule has 2 saturated heterocycles. The molecule has 6 nitrogen and oxygen atoms in total. The first kappa shape index (κ1) is 15.9. The molecule has 2 fully saturated rings. The van der Waals surface area contributed by atoms with Crippen LogP contribution >= 0.6 is 0 Å². The van der Waals surface area contributed by atoms with Crippen molar-refractivity contribution in [2.75, 3.05) is 49.1 Å². The highest BCUT2D eigenvalue weighted by molar-refractivity contribution is 5.92. The van der Waals surface area contributed by atoms with Gasteiger partial charge in [0.05, 0.1) is 0 Å². The molecule has 1 aromatic heterocycles. The highest BCUT2D eigenvalue weighted by atomic mass is 16.2. The van der Waals surface area contributed by atoms with Gasteiger partial charge < -0.3 is 14.7 Å². The van der Waals surface area contributed by atoms with Crippen molar-refractivity contribution in [1.29, 1.82) is 0 Å². The van der Waals surface area contributed by atoms with Crippen molar-refractivity contribution in [1.82, 2.24) is 15.1 Å². The minimum absolute atomic E-state index is 0.0202. The Morgan fingerprint density at radius 2 is 1.48 bits per heavy atom. The normalized spacial score (nSPS) is 17.8. The van der Waals surface area contributed by atoms with E-state index >= 15 is 0 Å². The van der Waals surface area contributed by atoms with Crippen LogP contribution in [0, 0.1) is 0 Å². The summed E-state index contributed by atoms with van der Waals surface area (Å²) in [4.78, 5) is 19.1. The predicted octanol–water partition coefficient (Wildman–Crippen LogP) is 2.04. The lowest BCUT2D eigenvalue weighted by atomic mass is 10.2. The number of benzene rings is 1. The van der Waals surface area contributed by atoms with Gasteiger partial charge in [-0.05, 0) is 37.1 Å². The lowest BCUT2D eigenvalue weighted by Gasteiger charge is -2.35. The number of amides is 1. The fraction of sp³-hybridized carbons (Fsp3) is 0.421. The first-order valence-electron chi connectivity index (χ1n) is 8.99. The number of piperazine rings is 1. The summed E-state index contributed by atoms with van der Waals surface area (Å²) < 4.78 is 0. The third kappa shape index (κ3) is 3.43. The van der Waals surface area contributed by atoms with E-state index in [2.05, 4.69) is 32.1 Å². The first-order chi connectivity index (χ1) is 12.3. The van der Waals surface area contributed by atoms with E-state index in [-0.39, 0.29) is 5.91 Å². The van der Waals surface area contributed by atoms with Gasteiger partial charge in [-0.3, -0.25) is 4.79 Å². The van der Waals surface area contributed by atoms with E-state index in [0.717, 1.165) is 32.0 Å². The lowest BCUT2D eigenvalue weighted by molar-refractivity contribution is 0.0739. The van der Waals surface area contributed by atoms with Crippen LogP contribution in [0.5, 0.6) is 0 Å². The molecule has 1 aromatic carbocycles. The Morgan fingerprint density at radius 1 is 0.760 bits per heavy atom. The average Bonchev–Trinajstić information content (AvgIpc) is 3.23. The van der Waals surface area contributed by atoms with Gasteiger partial charge in [0.1, 0.15) is 0 Å². The van der Waals surface area contributed by atoms with Crippen LogP contribution in [0.3, 0.4) is 0 Å². The molecular formula is C19H23N5O. The van der Waals surface area contributed by atoms with Gasteiger partial charge in [-0.1, -0.05) is 18.2 Å². The van der Waals surface area contributed by atoms with Crippen LogP contribution in [0.15, 0.2) is 42.5 Å². The molecule has 0 saturated carbocycles. The Balaban J connectivity index is 1.37. The molecule has 0 spiro atoms. The Morgan fingerprint density at radius 3 is 2.12 bits per heavy atom. The molecule has 3 heterocycles. The van der Waals surface area contributed by atoms with Gasteiger partial charge in [0, 0.05) is 45.0 Å². The predicted molar refractivity (Wildman–Crippen MR) is 98.0 cm³/mol. The number of aromatic nitrogens is 2. The Bertz CT molecular complexity index is 704. The molecule has 0 unspecified atom stereocenters. The van der Waals surface area contributed by atoms with Crippen molar-refractivity contribution in [2.24, 2.45) is 0 Å². The zero-order valence-electron chi connectivity index (χ0n) is 14.3. The van der Waals surface area contributed by atoms with Gasteiger partial charge in [0.2, 0.25) is 0 Å². The highest BCUT2D eigenvalue weighted by Gasteiger charge is 2.24. The molecule has 4 rings (SSSR count). The van der Waals surface area contributed by atoms with Crippen LogP contribution in [-0.4, -0.2) is 60.3 Å². The fourth-order valence-electron chi connectivity index (χ4n) is 3.52. The largest absolute Gasteiger partial charge is 0.368 e. The Hall–Kier alpha value is -2.63. The summed E-state index contributed by atoms with van der Waals surface area (Å²) in [6.07, 6.45) is 2.40. The topological polar surface area (TPSA) is 52.6 Å². The molecular weight excluding hydrogens is 314 g/mol. The quantitative estimate of drug-likeness (QED) is 0.858. The maximum Gasteiger partial charge on any atom is 0.274 e. The lowest BCUT2D eigenvalue weighted by Crippen LogP contribution is -2.49. The third-order valence-corrected chi connectivity index (χ3v) is 4.99. The van der Waals surface area contributed by atoms with E-state index in [1.807, 2.05) is 35.2 Å². The van der Waals surface area contributed by atoms with Crippen LogP contribution < -0.4 is 9.80 Å². The van der Waals surface area contributed by atoms with E-state index in [1.165, 1.54) is 18.5 Å². The zero-order valence-corrected chi connectivity index (χ0v) is 14.3. The molecule has 6 heteroatoms. The van der Waals surface area contributed by atoms with E-state index in [4.69, 9.17) is 0 Å². The zero-order chi connectivity index (χ0) is 17.1. The molecule has 130 valence electrons. The maximum atomic E-state index is 12.7. The summed E-state index contributed by atoms with van der Waals surface area (Å²) in [7, 11) is 0. The molecule has 2 aliphatic heterocycles. The van der Waals surface area contributed by atoms with Crippen LogP contribution in [0.1, 0.15) is 23.3 Å². The van der Waals surface area contributed by atoms with Gasteiger partial charge in [-0.2, -0.15) is 0 Å². The number of hydrogen-bond donors (Lipinski definition) is 0. The summed E-state index contributed by atoms with van der Waals surface area (Å²) in [6.45, 7) is 5.17. The van der Waals surface area contributed by atoms with Crippen LogP contribution in [-0.2, 0) is 0 Å².